The molecule has 1 aliphatic rings. The van der Waals surface area contributed by atoms with Crippen molar-refractivity contribution in [2.24, 2.45) is 4.99 Å². The van der Waals surface area contributed by atoms with E-state index in [1.807, 2.05) is 41.8 Å². The van der Waals surface area contributed by atoms with Crippen LogP contribution in [-0.4, -0.2) is 24.3 Å². The quantitative estimate of drug-likeness (QED) is 0.578. The number of rotatable bonds is 6. The number of methoxy groups -OCH3 is 1. The molecule has 7 nitrogen and oxygen atoms in total. The summed E-state index contributed by atoms with van der Waals surface area (Å²) < 4.78 is 12.7. The van der Waals surface area contributed by atoms with Gasteiger partial charge in [0.1, 0.15) is 16.3 Å². The van der Waals surface area contributed by atoms with Gasteiger partial charge in [-0.25, -0.2) is 9.79 Å². The Labute approximate surface area is 186 Å². The Morgan fingerprint density at radius 3 is 2.81 bits per heavy atom. The highest BCUT2D eigenvalue weighted by atomic mass is 32.1. The lowest BCUT2D eigenvalue weighted by Crippen LogP contribution is -2.39. The Bertz CT molecular complexity index is 1320. The molecule has 160 valence electrons. The molecular formula is C22H21N3O4S2. The Hall–Kier alpha value is -3.17. The van der Waals surface area contributed by atoms with E-state index in [2.05, 4.69) is 10.3 Å². The van der Waals surface area contributed by atoms with Crippen LogP contribution >= 0.6 is 22.7 Å². The van der Waals surface area contributed by atoms with Crippen LogP contribution in [0, 0.1) is 0 Å². The normalized spacial score (nSPS) is 16.0. The Morgan fingerprint density at radius 2 is 2.10 bits per heavy atom. The van der Waals surface area contributed by atoms with Crippen molar-refractivity contribution in [2.75, 3.05) is 19.0 Å². The molecule has 0 unspecified atom stereocenters. The lowest BCUT2D eigenvalue weighted by atomic mass is 10.0. The number of nitrogens with zero attached hydrogens (tertiary/aromatic N) is 2. The molecule has 3 heterocycles. The lowest BCUT2D eigenvalue weighted by molar-refractivity contribution is -0.139. The fraction of sp³-hybridized carbons (Fsp3) is 0.227. The summed E-state index contributed by atoms with van der Waals surface area (Å²) in [4.78, 5) is 32.1. The summed E-state index contributed by atoms with van der Waals surface area (Å²) >= 11 is 2.76. The molecule has 1 aromatic carbocycles. The number of thiophene rings is 1. The molecule has 0 saturated carbocycles. The van der Waals surface area contributed by atoms with Gasteiger partial charge in [-0.2, -0.15) is 0 Å². The minimum Gasteiger partial charge on any atom is -0.495 e. The first kappa shape index (κ1) is 21.1. The van der Waals surface area contributed by atoms with Gasteiger partial charge in [0.15, 0.2) is 4.80 Å². The molecule has 9 heteroatoms. The number of nitrogens with one attached hydrogen (secondary N) is 1. The van der Waals surface area contributed by atoms with E-state index >= 15 is 0 Å². The molecule has 0 bridgehead atoms. The fourth-order valence-electron chi connectivity index (χ4n) is 3.41. The highest BCUT2D eigenvalue weighted by molar-refractivity contribution is 7.10. The highest BCUT2D eigenvalue weighted by Crippen LogP contribution is 2.33. The van der Waals surface area contributed by atoms with Gasteiger partial charge in [-0.05, 0) is 37.4 Å². The predicted molar refractivity (Wildman–Crippen MR) is 122 cm³/mol. The molecule has 4 rings (SSSR count). The van der Waals surface area contributed by atoms with Gasteiger partial charge < -0.3 is 14.8 Å². The first-order valence-electron chi connectivity index (χ1n) is 9.66. The average molecular weight is 456 g/mol. The molecular weight excluding hydrogens is 434 g/mol. The molecule has 2 aromatic heterocycles. The number of allylic oxidation sites excluding steroid dienone is 1. The number of carbonyl (C=O) groups is 1. The van der Waals surface area contributed by atoms with E-state index < -0.39 is 12.0 Å². The van der Waals surface area contributed by atoms with Crippen molar-refractivity contribution in [1.29, 1.82) is 0 Å². The zero-order valence-corrected chi connectivity index (χ0v) is 18.9. The van der Waals surface area contributed by atoms with Gasteiger partial charge in [0.25, 0.3) is 5.56 Å². The summed E-state index contributed by atoms with van der Waals surface area (Å²) in [5.41, 5.74) is 1.47. The number of ether oxygens (including phenoxy) is 2. The van der Waals surface area contributed by atoms with Crippen LogP contribution in [0.2, 0.25) is 0 Å². The molecule has 3 aromatic rings. The third kappa shape index (κ3) is 3.94. The van der Waals surface area contributed by atoms with Crippen LogP contribution in [0.3, 0.4) is 0 Å². The Kier molecular flexibility index (Phi) is 6.06. The van der Waals surface area contributed by atoms with Crippen molar-refractivity contribution in [3.05, 3.63) is 77.6 Å². The van der Waals surface area contributed by atoms with Crippen LogP contribution in [0.5, 0.6) is 5.75 Å². The van der Waals surface area contributed by atoms with Crippen LogP contribution in [-0.2, 0) is 9.53 Å². The van der Waals surface area contributed by atoms with Crippen molar-refractivity contribution in [3.8, 4) is 5.75 Å². The summed E-state index contributed by atoms with van der Waals surface area (Å²) in [6.07, 6.45) is 1.65. The number of esters is 1. The Morgan fingerprint density at radius 1 is 1.29 bits per heavy atom. The summed E-state index contributed by atoms with van der Waals surface area (Å²) in [5, 5.41) is 5.07. The number of hydrogen-bond donors (Lipinski definition) is 1. The van der Waals surface area contributed by atoms with Gasteiger partial charge >= 0.3 is 5.97 Å². The molecule has 0 aliphatic carbocycles. The molecule has 0 spiro atoms. The van der Waals surface area contributed by atoms with Gasteiger partial charge in [-0.15, -0.1) is 11.3 Å². The van der Waals surface area contributed by atoms with E-state index in [-0.39, 0.29) is 12.2 Å². The smallest absolute Gasteiger partial charge is 0.338 e. The van der Waals surface area contributed by atoms with Gasteiger partial charge in [-0.3, -0.25) is 9.36 Å². The maximum absolute atomic E-state index is 13.4. The van der Waals surface area contributed by atoms with Gasteiger partial charge in [-0.1, -0.05) is 29.5 Å². The summed E-state index contributed by atoms with van der Waals surface area (Å²) in [6.45, 7) is 3.78. The predicted octanol–water partition coefficient (Wildman–Crippen LogP) is 2.89. The molecule has 0 fully saturated rings. The molecule has 31 heavy (non-hydrogen) atoms. The maximum Gasteiger partial charge on any atom is 0.338 e. The summed E-state index contributed by atoms with van der Waals surface area (Å²) in [7, 11) is 1.59. The van der Waals surface area contributed by atoms with Crippen LogP contribution in [0.15, 0.2) is 62.8 Å². The minimum absolute atomic E-state index is 0.223. The zero-order valence-electron chi connectivity index (χ0n) is 17.2. The number of benzene rings is 1. The molecule has 0 amide bonds. The van der Waals surface area contributed by atoms with E-state index in [9.17, 15) is 9.59 Å². The maximum atomic E-state index is 13.4. The molecule has 1 N–H and O–H groups in total. The van der Waals surface area contributed by atoms with Crippen molar-refractivity contribution in [3.63, 3.8) is 0 Å². The minimum atomic E-state index is -0.566. The second-order valence-corrected chi connectivity index (χ2v) is 8.65. The number of carbonyl (C=O) groups excluding carboxylic acids is 1. The molecule has 0 radical (unpaired) electrons. The van der Waals surface area contributed by atoms with Crippen molar-refractivity contribution in [1.82, 2.24) is 4.57 Å². The standard InChI is InChI=1S/C22H21N3O4S2/c1-4-29-21(27)18-13(2)24-22-25(19(18)16-10-7-11-30-16)20(26)17(31-22)12-23-14-8-5-6-9-15(14)28-3/h5-12,19,23H,4H2,1-3H3/b17-12-/t19-/m0/s1. The van der Waals surface area contributed by atoms with Gasteiger partial charge in [0.05, 0.1) is 30.7 Å². The van der Waals surface area contributed by atoms with E-state index in [4.69, 9.17) is 9.47 Å². The van der Waals surface area contributed by atoms with Crippen LogP contribution < -0.4 is 24.9 Å². The summed E-state index contributed by atoms with van der Waals surface area (Å²) in [6, 6.07) is 10.7. The second-order valence-electron chi connectivity index (χ2n) is 6.66. The van der Waals surface area contributed by atoms with E-state index in [0.29, 0.717) is 26.4 Å². The number of anilines is 1. The average Bonchev–Trinajstić information content (AvgIpc) is 3.40. The molecule has 0 saturated heterocycles. The van der Waals surface area contributed by atoms with Crippen molar-refractivity contribution < 1.29 is 14.3 Å². The third-order valence-corrected chi connectivity index (χ3v) is 6.70. The first-order valence-corrected chi connectivity index (χ1v) is 11.4. The number of thiazole rings is 1. The molecule has 1 atom stereocenters. The second kappa shape index (κ2) is 8.91. The van der Waals surface area contributed by atoms with Crippen LogP contribution in [0.25, 0.3) is 6.20 Å². The number of aromatic nitrogens is 1. The van der Waals surface area contributed by atoms with Crippen molar-refractivity contribution >= 4 is 40.5 Å². The van der Waals surface area contributed by atoms with Crippen molar-refractivity contribution in [2.45, 2.75) is 19.9 Å². The van der Waals surface area contributed by atoms with Crippen LogP contribution in [0.4, 0.5) is 5.69 Å². The molecule has 1 aliphatic heterocycles. The lowest BCUT2D eigenvalue weighted by Gasteiger charge is -2.23. The van der Waals surface area contributed by atoms with E-state index in [0.717, 1.165) is 10.6 Å². The topological polar surface area (TPSA) is 81.9 Å². The SMILES string of the molecule is CCOC(=O)C1=C(C)N=c2s/c(=C\Nc3ccccc3OC)c(=O)n2[C@H]1c1cccs1. The first-order chi connectivity index (χ1) is 15.0. The number of para-hydroxylation sites is 2. The fourth-order valence-corrected chi connectivity index (χ4v) is 5.21. The number of fused-ring (bicyclic) bond motifs is 1. The van der Waals surface area contributed by atoms with Gasteiger partial charge in [0.2, 0.25) is 0 Å². The van der Waals surface area contributed by atoms with Crippen LogP contribution in [0.1, 0.15) is 24.8 Å². The largest absolute Gasteiger partial charge is 0.495 e. The van der Waals surface area contributed by atoms with Gasteiger partial charge in [0, 0.05) is 11.1 Å². The third-order valence-electron chi connectivity index (χ3n) is 4.80. The van der Waals surface area contributed by atoms with E-state index in [1.165, 1.54) is 22.7 Å². The zero-order chi connectivity index (χ0) is 22.0. The highest BCUT2D eigenvalue weighted by Gasteiger charge is 2.33. The monoisotopic (exact) mass is 455 g/mol. The number of hydrogen-bond acceptors (Lipinski definition) is 8. The Balaban J connectivity index is 1.84. The van der Waals surface area contributed by atoms with E-state index in [1.54, 1.807) is 31.7 Å². The summed E-state index contributed by atoms with van der Waals surface area (Å²) in [5.74, 6) is 0.215.